The van der Waals surface area contributed by atoms with Crippen LogP contribution in [0.4, 0.5) is 0 Å². The van der Waals surface area contributed by atoms with E-state index in [1.807, 2.05) is 6.07 Å². The summed E-state index contributed by atoms with van der Waals surface area (Å²) in [5.41, 5.74) is 0.0234. The highest BCUT2D eigenvalue weighted by Gasteiger charge is 2.33. The van der Waals surface area contributed by atoms with Crippen molar-refractivity contribution in [2.45, 2.75) is 18.6 Å². The normalized spacial score (nSPS) is 23.4. The van der Waals surface area contributed by atoms with Crippen LogP contribution in [0.2, 0.25) is 0 Å². The molecule has 0 aromatic heterocycles. The Bertz CT molecular complexity index is 418. The Morgan fingerprint density at radius 2 is 2.06 bits per heavy atom. The third kappa shape index (κ3) is 3.08. The fraction of sp³-hybridized carbons (Fsp3) is 0.333. The summed E-state index contributed by atoms with van der Waals surface area (Å²) in [6, 6.07) is 8.94. The van der Waals surface area contributed by atoms with Crippen molar-refractivity contribution in [2.75, 3.05) is 5.75 Å². The third-order valence-electron chi connectivity index (χ3n) is 2.23. The van der Waals surface area contributed by atoms with E-state index in [1.165, 1.54) is 18.7 Å². The summed E-state index contributed by atoms with van der Waals surface area (Å²) < 4.78 is 10.3. The lowest BCUT2D eigenvalue weighted by Gasteiger charge is -2.11. The van der Waals surface area contributed by atoms with Crippen LogP contribution in [0.1, 0.15) is 17.3 Å². The molecule has 1 heterocycles. The number of hydrogen-bond acceptors (Lipinski definition) is 5. The SMILES string of the molecule is CC(=O)OC1CSC(C(=O)c2ccccc2)O1. The van der Waals surface area contributed by atoms with Crippen molar-refractivity contribution < 1.29 is 19.1 Å². The molecule has 0 N–H and O–H groups in total. The zero-order valence-electron chi connectivity index (χ0n) is 9.29. The van der Waals surface area contributed by atoms with Crippen molar-refractivity contribution in [3.8, 4) is 0 Å². The maximum Gasteiger partial charge on any atom is 0.304 e. The number of Topliss-reactive ketones (excluding diaryl/α,β-unsaturated/α-hetero) is 1. The highest BCUT2D eigenvalue weighted by atomic mass is 32.2. The Hall–Kier alpha value is -1.33. The lowest BCUT2D eigenvalue weighted by atomic mass is 10.1. The van der Waals surface area contributed by atoms with E-state index in [-0.39, 0.29) is 5.78 Å². The third-order valence-corrected chi connectivity index (χ3v) is 3.32. The Morgan fingerprint density at radius 3 is 2.71 bits per heavy atom. The first-order chi connectivity index (χ1) is 8.16. The molecular weight excluding hydrogens is 240 g/mol. The molecule has 1 aromatic carbocycles. The van der Waals surface area contributed by atoms with Gasteiger partial charge in [-0.1, -0.05) is 30.3 Å². The van der Waals surface area contributed by atoms with Gasteiger partial charge < -0.3 is 9.47 Å². The monoisotopic (exact) mass is 252 g/mol. The quantitative estimate of drug-likeness (QED) is 0.607. The highest BCUT2D eigenvalue weighted by molar-refractivity contribution is 8.00. The average Bonchev–Trinajstić information content (AvgIpc) is 2.77. The molecule has 1 fully saturated rings. The minimum absolute atomic E-state index is 0.0924. The van der Waals surface area contributed by atoms with Gasteiger partial charge in [0.25, 0.3) is 0 Å². The summed E-state index contributed by atoms with van der Waals surface area (Å²) >= 11 is 1.35. The second-order valence-electron chi connectivity index (χ2n) is 3.57. The van der Waals surface area contributed by atoms with E-state index in [0.717, 1.165) is 0 Å². The maximum absolute atomic E-state index is 12.0. The van der Waals surface area contributed by atoms with E-state index in [1.54, 1.807) is 24.3 Å². The Morgan fingerprint density at radius 1 is 1.35 bits per heavy atom. The van der Waals surface area contributed by atoms with Crippen LogP contribution in [0.15, 0.2) is 30.3 Å². The van der Waals surface area contributed by atoms with Gasteiger partial charge in [0.1, 0.15) is 0 Å². The first-order valence-corrected chi connectivity index (χ1v) is 6.25. The van der Waals surface area contributed by atoms with Crippen LogP contribution in [-0.2, 0) is 14.3 Å². The molecule has 2 atom stereocenters. The molecule has 90 valence electrons. The molecule has 0 aliphatic carbocycles. The highest BCUT2D eigenvalue weighted by Crippen LogP contribution is 2.28. The second kappa shape index (κ2) is 5.33. The van der Waals surface area contributed by atoms with Gasteiger partial charge in [0.15, 0.2) is 5.44 Å². The maximum atomic E-state index is 12.0. The van der Waals surface area contributed by atoms with Crippen LogP contribution in [0.5, 0.6) is 0 Å². The van der Waals surface area contributed by atoms with Gasteiger partial charge >= 0.3 is 5.97 Å². The van der Waals surface area contributed by atoms with Crippen molar-refractivity contribution in [3.05, 3.63) is 35.9 Å². The van der Waals surface area contributed by atoms with Gasteiger partial charge in [-0.25, -0.2) is 0 Å². The topological polar surface area (TPSA) is 52.6 Å². The summed E-state index contributed by atoms with van der Waals surface area (Å²) in [6.07, 6.45) is -0.616. The van der Waals surface area contributed by atoms with Crippen LogP contribution >= 0.6 is 11.8 Å². The molecule has 4 nitrogen and oxygen atoms in total. The fourth-order valence-electron chi connectivity index (χ4n) is 1.51. The predicted octanol–water partition coefficient (Wildman–Crippen LogP) is 1.85. The number of carbonyl (C=O) groups excluding carboxylic acids is 2. The van der Waals surface area contributed by atoms with Crippen LogP contribution in [0.25, 0.3) is 0 Å². The number of ketones is 1. The average molecular weight is 252 g/mol. The Labute approximate surface area is 103 Å². The molecule has 0 saturated carbocycles. The van der Waals surface area contributed by atoms with Crippen molar-refractivity contribution in [3.63, 3.8) is 0 Å². The van der Waals surface area contributed by atoms with E-state index in [9.17, 15) is 9.59 Å². The number of ether oxygens (including phenoxy) is 2. The molecule has 1 aromatic rings. The number of carbonyl (C=O) groups is 2. The lowest BCUT2D eigenvalue weighted by Crippen LogP contribution is -2.23. The zero-order valence-corrected chi connectivity index (χ0v) is 10.1. The molecule has 0 bridgehead atoms. The van der Waals surface area contributed by atoms with Crippen molar-refractivity contribution in [2.24, 2.45) is 0 Å². The van der Waals surface area contributed by atoms with Gasteiger partial charge in [-0.3, -0.25) is 9.59 Å². The number of thioether (sulfide) groups is 1. The molecule has 2 unspecified atom stereocenters. The van der Waals surface area contributed by atoms with Crippen LogP contribution in [0, 0.1) is 0 Å². The van der Waals surface area contributed by atoms with Gasteiger partial charge in [-0.15, -0.1) is 11.8 Å². The molecule has 0 radical (unpaired) electrons. The first kappa shape index (κ1) is 12.1. The Kier molecular flexibility index (Phi) is 3.81. The van der Waals surface area contributed by atoms with E-state index in [0.29, 0.717) is 11.3 Å². The van der Waals surface area contributed by atoms with Crippen LogP contribution < -0.4 is 0 Å². The van der Waals surface area contributed by atoms with Crippen molar-refractivity contribution in [1.82, 2.24) is 0 Å². The van der Waals surface area contributed by atoms with Crippen molar-refractivity contribution >= 4 is 23.5 Å². The summed E-state index contributed by atoms with van der Waals surface area (Å²) in [5, 5.41) is 0. The fourth-order valence-corrected chi connectivity index (χ4v) is 2.47. The number of benzene rings is 1. The molecule has 1 aliphatic heterocycles. The lowest BCUT2D eigenvalue weighted by molar-refractivity contribution is -0.168. The summed E-state index contributed by atoms with van der Waals surface area (Å²) in [7, 11) is 0. The summed E-state index contributed by atoms with van der Waals surface area (Å²) in [5.74, 6) is -0.00307. The number of hydrogen-bond donors (Lipinski definition) is 0. The zero-order chi connectivity index (χ0) is 12.3. The summed E-state index contributed by atoms with van der Waals surface area (Å²) in [4.78, 5) is 22.7. The molecule has 1 aliphatic rings. The Balaban J connectivity index is 1.97. The van der Waals surface area contributed by atoms with E-state index >= 15 is 0 Å². The molecular formula is C12H12O4S. The molecule has 5 heteroatoms. The number of esters is 1. The summed E-state index contributed by atoms with van der Waals surface area (Å²) in [6.45, 7) is 1.32. The molecule has 2 rings (SSSR count). The largest absolute Gasteiger partial charge is 0.435 e. The number of rotatable bonds is 3. The molecule has 1 saturated heterocycles. The van der Waals surface area contributed by atoms with Gasteiger partial charge in [-0.2, -0.15) is 0 Å². The second-order valence-corrected chi connectivity index (χ2v) is 4.67. The van der Waals surface area contributed by atoms with E-state index in [2.05, 4.69) is 0 Å². The molecule has 0 spiro atoms. The van der Waals surface area contributed by atoms with Gasteiger partial charge in [-0.05, 0) is 0 Å². The molecule has 0 amide bonds. The van der Waals surface area contributed by atoms with Crippen LogP contribution in [-0.4, -0.2) is 29.2 Å². The van der Waals surface area contributed by atoms with Crippen LogP contribution in [0.3, 0.4) is 0 Å². The molecule has 17 heavy (non-hydrogen) atoms. The predicted molar refractivity (Wildman–Crippen MR) is 63.7 cm³/mol. The first-order valence-electron chi connectivity index (χ1n) is 5.20. The van der Waals surface area contributed by atoms with Crippen molar-refractivity contribution in [1.29, 1.82) is 0 Å². The van der Waals surface area contributed by atoms with Gasteiger partial charge in [0, 0.05) is 12.5 Å². The standard InChI is InChI=1S/C12H12O4S/c1-8(13)15-10-7-17-12(16-10)11(14)9-5-3-2-4-6-9/h2-6,10,12H,7H2,1H3. The smallest absolute Gasteiger partial charge is 0.304 e. The van der Waals surface area contributed by atoms with Gasteiger partial charge in [0.05, 0.1) is 5.75 Å². The minimum Gasteiger partial charge on any atom is -0.435 e. The van der Waals surface area contributed by atoms with Gasteiger partial charge in [0.2, 0.25) is 12.1 Å². The van der Waals surface area contributed by atoms with E-state index in [4.69, 9.17) is 9.47 Å². The minimum atomic E-state index is -0.616. The van der Waals surface area contributed by atoms with E-state index < -0.39 is 17.7 Å².